The van der Waals surface area contributed by atoms with Gasteiger partial charge in [-0.25, -0.2) is 4.68 Å². The lowest BCUT2D eigenvalue weighted by molar-refractivity contribution is -0.119. The molecule has 2 heterocycles. The lowest BCUT2D eigenvalue weighted by Crippen LogP contribution is -2.19. The zero-order valence-corrected chi connectivity index (χ0v) is 17.4. The summed E-state index contributed by atoms with van der Waals surface area (Å²) in [5, 5.41) is 9.28. The van der Waals surface area contributed by atoms with Crippen molar-refractivity contribution in [2.75, 3.05) is 6.61 Å². The van der Waals surface area contributed by atoms with Crippen LogP contribution in [0.3, 0.4) is 0 Å². The van der Waals surface area contributed by atoms with E-state index in [2.05, 4.69) is 15.2 Å². The number of aromatic nitrogens is 4. The van der Waals surface area contributed by atoms with Gasteiger partial charge < -0.3 is 19.7 Å². The molecular formula is C20H15Cl2N5O4. The van der Waals surface area contributed by atoms with Gasteiger partial charge in [-0.15, -0.1) is 0 Å². The summed E-state index contributed by atoms with van der Waals surface area (Å²) < 4.78 is 17.8. The molecule has 0 aliphatic carbocycles. The van der Waals surface area contributed by atoms with E-state index in [-0.39, 0.29) is 19.2 Å². The number of benzene rings is 2. The van der Waals surface area contributed by atoms with E-state index in [1.807, 2.05) is 0 Å². The maximum atomic E-state index is 10.8. The first-order chi connectivity index (χ1) is 15.0. The van der Waals surface area contributed by atoms with Crippen LogP contribution in [0.15, 0.2) is 59.3 Å². The Morgan fingerprint density at radius 3 is 2.65 bits per heavy atom. The maximum absolute atomic E-state index is 10.8. The van der Waals surface area contributed by atoms with Crippen LogP contribution in [0.1, 0.15) is 0 Å². The zero-order valence-electron chi connectivity index (χ0n) is 15.9. The minimum absolute atomic E-state index is 0.134. The zero-order chi connectivity index (χ0) is 21.8. The fourth-order valence-electron chi connectivity index (χ4n) is 2.58. The summed E-state index contributed by atoms with van der Waals surface area (Å²) in [5.74, 6) is 1.09. The van der Waals surface area contributed by atoms with E-state index in [0.29, 0.717) is 38.6 Å². The van der Waals surface area contributed by atoms with Gasteiger partial charge in [0, 0.05) is 16.8 Å². The Kier molecular flexibility index (Phi) is 6.06. The van der Waals surface area contributed by atoms with Gasteiger partial charge in [-0.2, -0.15) is 10.1 Å². The molecule has 0 spiro atoms. The topological polar surface area (TPSA) is 118 Å². The van der Waals surface area contributed by atoms with Crippen molar-refractivity contribution >= 4 is 29.1 Å². The van der Waals surface area contributed by atoms with Crippen LogP contribution >= 0.6 is 23.2 Å². The van der Waals surface area contributed by atoms with Crippen LogP contribution in [0, 0.1) is 0 Å². The second kappa shape index (κ2) is 9.07. The number of hydrogen-bond donors (Lipinski definition) is 1. The molecule has 0 saturated heterocycles. The summed E-state index contributed by atoms with van der Waals surface area (Å²) >= 11 is 12.0. The van der Waals surface area contributed by atoms with E-state index in [9.17, 15) is 4.79 Å². The van der Waals surface area contributed by atoms with E-state index in [1.165, 1.54) is 0 Å². The lowest BCUT2D eigenvalue weighted by Gasteiger charge is -2.07. The Labute approximate surface area is 186 Å². The number of carbonyl (C=O) groups is 1. The molecule has 0 fully saturated rings. The molecule has 0 bridgehead atoms. The molecule has 4 aromatic rings. The SMILES string of the molecule is NC(=O)COc1ccc(-c2noc(-c3ccn(COc4ccc(Cl)cc4Cl)n3)n2)cc1. The van der Waals surface area contributed by atoms with Crippen molar-refractivity contribution in [1.82, 2.24) is 19.9 Å². The number of hydrogen-bond acceptors (Lipinski definition) is 7. The van der Waals surface area contributed by atoms with Crippen molar-refractivity contribution in [3.05, 3.63) is 64.8 Å². The van der Waals surface area contributed by atoms with Crippen molar-refractivity contribution < 1.29 is 18.8 Å². The van der Waals surface area contributed by atoms with E-state index in [0.717, 1.165) is 0 Å². The van der Waals surface area contributed by atoms with Crippen LogP contribution in [0.25, 0.3) is 23.0 Å². The van der Waals surface area contributed by atoms with Crippen molar-refractivity contribution in [3.63, 3.8) is 0 Å². The van der Waals surface area contributed by atoms with Crippen molar-refractivity contribution in [1.29, 1.82) is 0 Å². The number of nitrogens with two attached hydrogens (primary N) is 1. The molecule has 2 N–H and O–H groups in total. The minimum atomic E-state index is -0.548. The van der Waals surface area contributed by atoms with Crippen LogP contribution in [0.2, 0.25) is 10.0 Å². The first-order valence-electron chi connectivity index (χ1n) is 8.95. The molecule has 11 heteroatoms. The van der Waals surface area contributed by atoms with Crippen molar-refractivity contribution in [2.45, 2.75) is 6.73 Å². The highest BCUT2D eigenvalue weighted by Gasteiger charge is 2.14. The second-order valence-electron chi connectivity index (χ2n) is 6.29. The lowest BCUT2D eigenvalue weighted by atomic mass is 10.2. The molecule has 2 aromatic carbocycles. The fourth-order valence-corrected chi connectivity index (χ4v) is 3.04. The van der Waals surface area contributed by atoms with Gasteiger partial charge in [0.25, 0.3) is 11.8 Å². The molecule has 0 atom stereocenters. The maximum Gasteiger partial charge on any atom is 0.278 e. The first-order valence-corrected chi connectivity index (χ1v) is 9.70. The first kappa shape index (κ1) is 20.7. The van der Waals surface area contributed by atoms with E-state index in [1.54, 1.807) is 59.4 Å². The number of halogens is 2. The van der Waals surface area contributed by atoms with Crippen LogP contribution in [-0.4, -0.2) is 32.4 Å². The number of primary amides is 1. The van der Waals surface area contributed by atoms with Gasteiger partial charge in [-0.05, 0) is 48.5 Å². The predicted molar refractivity (Wildman–Crippen MR) is 113 cm³/mol. The predicted octanol–water partition coefficient (Wildman–Crippen LogP) is 3.81. The van der Waals surface area contributed by atoms with Crippen LogP contribution in [0.4, 0.5) is 0 Å². The summed E-state index contributed by atoms with van der Waals surface area (Å²) in [6, 6.07) is 13.6. The Morgan fingerprint density at radius 2 is 1.90 bits per heavy atom. The van der Waals surface area contributed by atoms with Crippen molar-refractivity contribution in [2.24, 2.45) is 5.73 Å². The second-order valence-corrected chi connectivity index (χ2v) is 7.13. The molecule has 0 unspecified atom stereocenters. The minimum Gasteiger partial charge on any atom is -0.484 e. The van der Waals surface area contributed by atoms with Gasteiger partial charge in [0.05, 0.1) is 5.02 Å². The molecule has 4 rings (SSSR count). The summed E-state index contributed by atoms with van der Waals surface area (Å²) in [5.41, 5.74) is 6.26. The Balaban J connectivity index is 1.41. The third-order valence-corrected chi connectivity index (χ3v) is 4.56. The molecular weight excluding hydrogens is 445 g/mol. The molecule has 0 radical (unpaired) electrons. The van der Waals surface area contributed by atoms with Gasteiger partial charge >= 0.3 is 0 Å². The smallest absolute Gasteiger partial charge is 0.278 e. The third kappa shape index (κ3) is 5.14. The average molecular weight is 460 g/mol. The molecule has 2 aromatic heterocycles. The number of ether oxygens (including phenoxy) is 2. The Hall–Kier alpha value is -3.56. The van der Waals surface area contributed by atoms with Gasteiger partial charge in [-0.3, -0.25) is 4.79 Å². The number of carbonyl (C=O) groups excluding carboxylic acids is 1. The normalized spacial score (nSPS) is 10.8. The van der Waals surface area contributed by atoms with Crippen molar-refractivity contribution in [3.8, 4) is 34.5 Å². The average Bonchev–Trinajstić information content (AvgIpc) is 3.42. The summed E-state index contributed by atoms with van der Waals surface area (Å²) in [4.78, 5) is 15.1. The summed E-state index contributed by atoms with van der Waals surface area (Å²) in [7, 11) is 0. The van der Waals surface area contributed by atoms with Gasteiger partial charge in [0.15, 0.2) is 19.0 Å². The Bertz CT molecular complexity index is 1210. The van der Waals surface area contributed by atoms with Gasteiger partial charge in [0.1, 0.15) is 11.5 Å². The quantitative estimate of drug-likeness (QED) is 0.425. The molecule has 31 heavy (non-hydrogen) atoms. The monoisotopic (exact) mass is 459 g/mol. The molecule has 1 amide bonds. The van der Waals surface area contributed by atoms with E-state index >= 15 is 0 Å². The highest BCUT2D eigenvalue weighted by atomic mass is 35.5. The number of nitrogens with zero attached hydrogens (tertiary/aromatic N) is 4. The molecule has 9 nitrogen and oxygen atoms in total. The van der Waals surface area contributed by atoms with Gasteiger partial charge in [0.2, 0.25) is 5.82 Å². The summed E-state index contributed by atoms with van der Waals surface area (Å²) in [6.07, 6.45) is 1.72. The Morgan fingerprint density at radius 1 is 1.10 bits per heavy atom. The van der Waals surface area contributed by atoms with Gasteiger partial charge in [-0.1, -0.05) is 28.4 Å². The number of amides is 1. The fraction of sp³-hybridized carbons (Fsp3) is 0.100. The largest absolute Gasteiger partial charge is 0.484 e. The highest BCUT2D eigenvalue weighted by molar-refractivity contribution is 6.35. The molecule has 158 valence electrons. The molecule has 0 saturated carbocycles. The third-order valence-electron chi connectivity index (χ3n) is 4.03. The van der Waals surface area contributed by atoms with E-state index < -0.39 is 5.91 Å². The summed E-state index contributed by atoms with van der Waals surface area (Å²) in [6.45, 7) is -0.0581. The standard InChI is InChI=1S/C20H15Cl2N5O4/c21-13-3-6-17(15(22)9-13)30-11-27-8-7-16(25-27)20-24-19(26-31-20)12-1-4-14(5-2-12)29-10-18(23)28/h1-9H,10-11H2,(H2,23,28). The number of rotatable bonds is 8. The van der Waals surface area contributed by atoms with Crippen LogP contribution < -0.4 is 15.2 Å². The highest BCUT2D eigenvalue weighted by Crippen LogP contribution is 2.28. The van der Waals surface area contributed by atoms with E-state index in [4.69, 9.17) is 42.9 Å². The molecule has 0 aliphatic rings. The van der Waals surface area contributed by atoms with Crippen LogP contribution in [0.5, 0.6) is 11.5 Å². The van der Waals surface area contributed by atoms with Crippen LogP contribution in [-0.2, 0) is 11.5 Å². The molecule has 0 aliphatic heterocycles.